The van der Waals surface area contributed by atoms with Crippen LogP contribution in [0, 0.1) is 12.1 Å². The van der Waals surface area contributed by atoms with Crippen LogP contribution in [0.5, 0.6) is 0 Å². The number of aryl methyl sites for hydroxylation is 1. The van der Waals surface area contributed by atoms with Crippen molar-refractivity contribution in [1.82, 2.24) is 30.8 Å². The molecule has 0 bridgehead atoms. The highest BCUT2D eigenvalue weighted by molar-refractivity contribution is 7.13. The van der Waals surface area contributed by atoms with Crippen molar-refractivity contribution in [3.05, 3.63) is 45.6 Å². The highest BCUT2D eigenvalue weighted by Gasteiger charge is 2.34. The second-order valence-corrected chi connectivity index (χ2v) is 8.89. The molecule has 0 saturated heterocycles. The van der Waals surface area contributed by atoms with Gasteiger partial charge in [0.05, 0.1) is 13.2 Å². The summed E-state index contributed by atoms with van der Waals surface area (Å²) >= 11 is 1.14. The molecule has 4 rings (SSSR count). The summed E-state index contributed by atoms with van der Waals surface area (Å²) in [6.07, 6.45) is -3.46. The van der Waals surface area contributed by atoms with Crippen molar-refractivity contribution in [2.24, 2.45) is 4.99 Å². The molecule has 2 aliphatic rings. The number of pyridine rings is 1. The van der Waals surface area contributed by atoms with E-state index in [0.29, 0.717) is 27.0 Å². The number of hydrogen-bond donors (Lipinski definition) is 4. The molecule has 4 N–H and O–H groups in total. The van der Waals surface area contributed by atoms with Gasteiger partial charge < -0.3 is 31.4 Å². The Balaban J connectivity index is 1.39. The lowest BCUT2D eigenvalue weighted by Crippen LogP contribution is -2.43. The minimum absolute atomic E-state index is 0.0362. The van der Waals surface area contributed by atoms with Gasteiger partial charge in [0.25, 0.3) is 11.7 Å². The molecule has 0 fully saturated rings. The third kappa shape index (κ3) is 5.47. The van der Waals surface area contributed by atoms with E-state index in [4.69, 9.17) is 0 Å². The Kier molecular flexibility index (Phi) is 7.02. The third-order valence-corrected chi connectivity index (χ3v) is 6.28. The number of rotatable bonds is 8. The van der Waals surface area contributed by atoms with Crippen molar-refractivity contribution in [1.29, 1.82) is 0 Å². The molecule has 0 aromatic carbocycles. The van der Waals surface area contributed by atoms with E-state index in [1.54, 1.807) is 19.4 Å². The normalized spacial score (nSPS) is 15.3. The van der Waals surface area contributed by atoms with Crippen LogP contribution in [0.15, 0.2) is 34.2 Å². The van der Waals surface area contributed by atoms with Gasteiger partial charge in [0.2, 0.25) is 11.7 Å². The molecule has 196 valence electrons. The van der Waals surface area contributed by atoms with Crippen LogP contribution >= 0.6 is 11.3 Å². The van der Waals surface area contributed by atoms with Gasteiger partial charge in [-0.3, -0.25) is 14.6 Å². The fraction of sp³-hybridized carbons (Fsp3) is 0.333. The van der Waals surface area contributed by atoms with Crippen molar-refractivity contribution in [2.45, 2.75) is 20.0 Å². The molecular formula is C21H22F3N9O3S. The van der Waals surface area contributed by atoms with Gasteiger partial charge in [0.1, 0.15) is 34.6 Å². The minimum atomic E-state index is -4.55. The van der Waals surface area contributed by atoms with Crippen LogP contribution in [0.1, 0.15) is 18.2 Å². The van der Waals surface area contributed by atoms with Crippen LogP contribution in [0.25, 0.3) is 10.6 Å². The lowest BCUT2D eigenvalue weighted by Gasteiger charge is -2.21. The van der Waals surface area contributed by atoms with Crippen LogP contribution in [-0.4, -0.2) is 69.9 Å². The maximum absolute atomic E-state index is 13.0. The van der Waals surface area contributed by atoms with E-state index in [-0.39, 0.29) is 42.7 Å². The molecule has 0 unspecified atom stereocenters. The monoisotopic (exact) mass is 537 g/mol. The number of amides is 2. The smallest absolute Gasteiger partial charge is 0.433 e. The molecule has 2 amide bonds. The van der Waals surface area contributed by atoms with Gasteiger partial charge in [0.15, 0.2) is 0 Å². The topological polar surface area (TPSA) is 150 Å². The quantitative estimate of drug-likeness (QED) is 0.290. The number of aromatic nitrogens is 2. The Labute approximate surface area is 212 Å². The highest BCUT2D eigenvalue weighted by atomic mass is 32.1. The van der Waals surface area contributed by atoms with E-state index in [9.17, 15) is 28.0 Å². The van der Waals surface area contributed by atoms with E-state index in [0.717, 1.165) is 17.5 Å². The summed E-state index contributed by atoms with van der Waals surface area (Å²) in [5.41, 5.74) is -0.429. The van der Waals surface area contributed by atoms with Gasteiger partial charge in [0, 0.05) is 31.1 Å². The molecule has 4 heterocycles. The number of nitrogens with zero attached hydrogens (tertiary/aromatic N) is 5. The summed E-state index contributed by atoms with van der Waals surface area (Å²) in [7, 11) is 1.61. The number of amidine groups is 2. The number of alkyl halides is 3. The maximum Gasteiger partial charge on any atom is 0.433 e. The predicted molar refractivity (Wildman–Crippen MR) is 129 cm³/mol. The van der Waals surface area contributed by atoms with Crippen molar-refractivity contribution >= 4 is 40.6 Å². The fourth-order valence-corrected chi connectivity index (χ4v) is 4.41. The van der Waals surface area contributed by atoms with Crippen LogP contribution < -0.4 is 21.3 Å². The second kappa shape index (κ2) is 10.0. The van der Waals surface area contributed by atoms with E-state index in [1.807, 2.05) is 0 Å². The van der Waals surface area contributed by atoms with Crippen LogP contribution in [-0.2, 0) is 15.8 Å². The predicted octanol–water partition coefficient (Wildman–Crippen LogP) is 1.18. The lowest BCUT2D eigenvalue weighted by atomic mass is 10.1. The summed E-state index contributed by atoms with van der Waals surface area (Å²) in [4.78, 5) is 38.7. The molecule has 0 aliphatic carbocycles. The molecule has 2 aliphatic heterocycles. The van der Waals surface area contributed by atoms with Crippen LogP contribution in [0.2, 0.25) is 0 Å². The first-order valence-corrected chi connectivity index (χ1v) is 11.7. The molecular weight excluding hydrogens is 515 g/mol. The number of hydrogen-bond acceptors (Lipinski definition) is 10. The van der Waals surface area contributed by atoms with Gasteiger partial charge in [-0.05, 0) is 18.6 Å². The largest absolute Gasteiger partial charge is 0.740 e. The van der Waals surface area contributed by atoms with E-state index >= 15 is 0 Å². The fourth-order valence-electron chi connectivity index (χ4n) is 3.68. The number of carbonyl (C=O) groups is 2. The average Bonchev–Trinajstić information content (AvgIpc) is 3.47. The summed E-state index contributed by atoms with van der Waals surface area (Å²) < 4.78 is 39.5. The van der Waals surface area contributed by atoms with Gasteiger partial charge in [-0.15, -0.1) is 11.3 Å². The summed E-state index contributed by atoms with van der Waals surface area (Å²) in [6.45, 7) is 2.77. The number of nitrogens with one attached hydrogen (secondary N) is 4. The molecule has 37 heavy (non-hydrogen) atoms. The van der Waals surface area contributed by atoms with Crippen LogP contribution in [0.4, 0.5) is 19.0 Å². The molecule has 2 aromatic heterocycles. The zero-order valence-corrected chi connectivity index (χ0v) is 20.7. The molecule has 12 nitrogen and oxygen atoms in total. The Hall–Kier alpha value is -4.21. The zero-order valence-electron chi connectivity index (χ0n) is 19.9. The number of halogens is 3. The summed E-state index contributed by atoms with van der Waals surface area (Å²) in [6, 6.07) is 1.34. The van der Waals surface area contributed by atoms with Crippen molar-refractivity contribution in [2.75, 3.05) is 32.1 Å². The number of aliphatic imine (C=N–C) groups is 1. The Morgan fingerprint density at radius 1 is 1.32 bits per heavy atom. The maximum atomic E-state index is 13.0. The molecule has 0 atom stereocenters. The van der Waals surface area contributed by atoms with Crippen molar-refractivity contribution in [3.63, 3.8) is 0 Å². The van der Waals surface area contributed by atoms with Gasteiger partial charge in [-0.2, -0.15) is 13.2 Å². The first-order valence-electron chi connectivity index (χ1n) is 10.8. The van der Waals surface area contributed by atoms with Gasteiger partial charge in [-0.1, -0.05) is 4.99 Å². The molecule has 0 spiro atoms. The summed E-state index contributed by atoms with van der Waals surface area (Å²) in [5, 5.41) is 24.6. The number of thiazole rings is 1. The Morgan fingerprint density at radius 3 is 2.70 bits per heavy atom. The number of anilines is 1. The molecule has 0 radical (unpaired) electrons. The number of hydroxylamine groups is 1. The van der Waals surface area contributed by atoms with Crippen molar-refractivity contribution < 1.29 is 27.5 Å². The third-order valence-electron chi connectivity index (χ3n) is 5.39. The molecule has 16 heteroatoms. The minimum Gasteiger partial charge on any atom is -0.740 e. The van der Waals surface area contributed by atoms with Gasteiger partial charge in [-0.25, -0.2) is 9.72 Å². The second-order valence-electron chi connectivity index (χ2n) is 8.03. The van der Waals surface area contributed by atoms with E-state index in [2.05, 4.69) is 36.2 Å². The number of carbonyl (C=O) groups excluding carboxylic acids is 2. The zero-order chi connectivity index (χ0) is 26.9. The standard InChI is InChI=1S/C21H22F3N9O3S/c1-10-4-12(5-26-17(10)21(22,23)24)20-31-13(8-37-20)30-15(34)7-32-9-28-18(25-3)16(32)19(35)27-6-14-29-11(2)33(14)36/h4-5,8,25,28H,6-7,9H2,1-3H3,(H,27,35)(H,30,34). The van der Waals surface area contributed by atoms with E-state index < -0.39 is 23.7 Å². The average molecular weight is 538 g/mol. The first kappa shape index (κ1) is 25.9. The molecule has 2 aromatic rings. The van der Waals surface area contributed by atoms with E-state index in [1.165, 1.54) is 17.9 Å². The highest BCUT2D eigenvalue weighted by Crippen LogP contribution is 2.33. The summed E-state index contributed by atoms with van der Waals surface area (Å²) in [5.74, 6) is 0.110. The molecule has 0 saturated carbocycles. The Morgan fingerprint density at radius 2 is 2.08 bits per heavy atom. The Bertz CT molecular complexity index is 1350. The van der Waals surface area contributed by atoms with Gasteiger partial charge >= 0.3 is 6.18 Å². The SMILES string of the molecule is CNC1=C(C(=O)NCC2=[N+]([O-])C(C)=N2)N(CC(=O)Nc2csc(-c3cnc(C(F)(F)F)c(C)c3)n2)CN1. The first-order chi connectivity index (χ1) is 17.5. The lowest BCUT2D eigenvalue weighted by molar-refractivity contribution is -0.342. The van der Waals surface area contributed by atoms with Crippen LogP contribution in [0.3, 0.4) is 0 Å². The van der Waals surface area contributed by atoms with Crippen molar-refractivity contribution in [3.8, 4) is 10.6 Å².